The summed E-state index contributed by atoms with van der Waals surface area (Å²) in [6.45, 7) is 3.92. The summed E-state index contributed by atoms with van der Waals surface area (Å²) in [5, 5.41) is 12.2. The van der Waals surface area contributed by atoms with E-state index in [1.807, 2.05) is 42.5 Å². The number of ether oxygens (including phenoxy) is 1. The molecule has 0 aliphatic carbocycles. The van der Waals surface area contributed by atoms with Crippen LogP contribution in [0.15, 0.2) is 84.0 Å². The Morgan fingerprint density at radius 2 is 1.79 bits per heavy atom. The molecule has 0 amide bonds. The maximum atomic E-state index is 13.0. The van der Waals surface area contributed by atoms with Crippen LogP contribution in [-0.2, 0) is 10.0 Å². The number of benzene rings is 2. The Morgan fingerprint density at radius 3 is 2.59 bits per heavy atom. The topological polar surface area (TPSA) is 107 Å². The zero-order valence-electron chi connectivity index (χ0n) is 20.9. The van der Waals surface area contributed by atoms with E-state index in [0.29, 0.717) is 34.5 Å². The molecule has 2 aromatic carbocycles. The van der Waals surface area contributed by atoms with E-state index in [-0.39, 0.29) is 4.90 Å². The maximum absolute atomic E-state index is 13.0. The molecule has 12 heteroatoms. The van der Waals surface area contributed by atoms with Gasteiger partial charge < -0.3 is 10.1 Å². The van der Waals surface area contributed by atoms with E-state index in [1.54, 1.807) is 16.6 Å². The zero-order chi connectivity index (χ0) is 26.8. The number of aromatic nitrogens is 5. The van der Waals surface area contributed by atoms with Crippen LogP contribution in [0, 0.1) is 0 Å². The van der Waals surface area contributed by atoms with Crippen LogP contribution in [-0.4, -0.2) is 63.3 Å². The van der Waals surface area contributed by atoms with Gasteiger partial charge in [0.05, 0.1) is 23.0 Å². The molecule has 0 radical (unpaired) electrons. The zero-order valence-corrected chi connectivity index (χ0v) is 22.5. The number of hydrogen-bond donors (Lipinski definition) is 1. The predicted octanol–water partition coefficient (Wildman–Crippen LogP) is 4.70. The van der Waals surface area contributed by atoms with Gasteiger partial charge in [-0.05, 0) is 80.5 Å². The molecule has 6 rings (SSSR count). The molecule has 0 spiro atoms. The Hall–Kier alpha value is -3.93. The van der Waals surface area contributed by atoms with Crippen LogP contribution in [0.3, 0.4) is 0 Å². The van der Waals surface area contributed by atoms with Crippen molar-refractivity contribution < 1.29 is 13.2 Å². The minimum atomic E-state index is -3.90. The molecule has 1 saturated heterocycles. The highest BCUT2D eigenvalue weighted by molar-refractivity contribution is 7.89. The summed E-state index contributed by atoms with van der Waals surface area (Å²) in [6.07, 6.45) is 5.47. The van der Waals surface area contributed by atoms with Gasteiger partial charge in [0.15, 0.2) is 5.65 Å². The summed E-state index contributed by atoms with van der Waals surface area (Å²) < 4.78 is 34.5. The number of pyridine rings is 1. The van der Waals surface area contributed by atoms with E-state index < -0.39 is 10.0 Å². The highest BCUT2D eigenvalue weighted by atomic mass is 35.5. The van der Waals surface area contributed by atoms with Gasteiger partial charge in [0.2, 0.25) is 5.95 Å². The highest BCUT2D eigenvalue weighted by Gasteiger charge is 2.20. The predicted molar refractivity (Wildman–Crippen MR) is 149 cm³/mol. The van der Waals surface area contributed by atoms with Gasteiger partial charge in [-0.2, -0.15) is 22.6 Å². The average molecular weight is 564 g/mol. The lowest BCUT2D eigenvalue weighted by Crippen LogP contribution is -2.25. The Balaban J connectivity index is 1.18. The normalized spacial score (nSPS) is 14.2. The molecule has 0 atom stereocenters. The first-order chi connectivity index (χ1) is 19.0. The van der Waals surface area contributed by atoms with Crippen LogP contribution in [0.25, 0.3) is 16.9 Å². The standard InChI is InChI=1S/C27H26ClN7O3S/c28-21-5-3-6-24(17-21)39(36,37)34-19-20(18-29-34)25-7-4-8-26-31-27(32-35(25)26)30-22-9-11-23(12-10-22)38-16-15-33-13-1-2-14-33/h3-12,17-19H,1-2,13-16H2,(H,30,32). The van der Waals surface area contributed by atoms with Crippen molar-refractivity contribution in [1.29, 1.82) is 0 Å². The lowest BCUT2D eigenvalue weighted by Gasteiger charge is -2.15. The number of rotatable bonds is 9. The molecule has 0 saturated carbocycles. The smallest absolute Gasteiger partial charge is 0.283 e. The van der Waals surface area contributed by atoms with E-state index in [0.717, 1.165) is 35.2 Å². The fourth-order valence-corrected chi connectivity index (χ4v) is 5.96. The van der Waals surface area contributed by atoms with Crippen molar-refractivity contribution in [3.05, 3.63) is 84.1 Å². The molecule has 1 aliphatic heterocycles. The van der Waals surface area contributed by atoms with E-state index in [2.05, 4.69) is 25.4 Å². The second kappa shape index (κ2) is 10.7. The van der Waals surface area contributed by atoms with Gasteiger partial charge in [-0.3, -0.25) is 4.90 Å². The van der Waals surface area contributed by atoms with Crippen LogP contribution in [0.1, 0.15) is 12.8 Å². The van der Waals surface area contributed by atoms with Crippen LogP contribution in [0.2, 0.25) is 5.02 Å². The number of likely N-dealkylation sites (tertiary alicyclic amines) is 1. The van der Waals surface area contributed by atoms with Crippen molar-refractivity contribution in [2.24, 2.45) is 0 Å². The summed E-state index contributed by atoms with van der Waals surface area (Å²) in [4.78, 5) is 7.04. The molecule has 4 heterocycles. The minimum Gasteiger partial charge on any atom is -0.492 e. The molecule has 1 aliphatic rings. The van der Waals surface area contributed by atoms with Gasteiger partial charge in [0, 0.05) is 22.8 Å². The average Bonchev–Trinajstić information content (AvgIpc) is 3.71. The van der Waals surface area contributed by atoms with Gasteiger partial charge in [-0.25, -0.2) is 4.52 Å². The molecular formula is C27H26ClN7O3S. The lowest BCUT2D eigenvalue weighted by atomic mass is 10.2. The first kappa shape index (κ1) is 25.4. The number of nitrogens with one attached hydrogen (secondary N) is 1. The second-order valence-electron chi connectivity index (χ2n) is 9.23. The first-order valence-electron chi connectivity index (χ1n) is 12.6. The van der Waals surface area contributed by atoms with Crippen LogP contribution in [0.5, 0.6) is 5.75 Å². The summed E-state index contributed by atoms with van der Waals surface area (Å²) in [5.74, 6) is 1.22. The van der Waals surface area contributed by atoms with Gasteiger partial charge in [0.25, 0.3) is 10.0 Å². The minimum absolute atomic E-state index is 0.0538. The Bertz CT molecular complexity index is 1710. The third kappa shape index (κ3) is 5.47. The maximum Gasteiger partial charge on any atom is 0.283 e. The van der Waals surface area contributed by atoms with E-state index in [1.165, 1.54) is 37.4 Å². The van der Waals surface area contributed by atoms with Crippen molar-refractivity contribution in [2.45, 2.75) is 17.7 Å². The Morgan fingerprint density at radius 1 is 1.00 bits per heavy atom. The molecule has 39 heavy (non-hydrogen) atoms. The molecule has 200 valence electrons. The highest BCUT2D eigenvalue weighted by Crippen LogP contribution is 2.25. The van der Waals surface area contributed by atoms with Crippen molar-refractivity contribution >= 4 is 38.9 Å². The molecular weight excluding hydrogens is 538 g/mol. The third-order valence-electron chi connectivity index (χ3n) is 6.54. The second-order valence-corrected chi connectivity index (χ2v) is 11.5. The van der Waals surface area contributed by atoms with E-state index in [9.17, 15) is 8.42 Å². The molecule has 3 aromatic heterocycles. The van der Waals surface area contributed by atoms with Crippen molar-refractivity contribution in [2.75, 3.05) is 31.6 Å². The van der Waals surface area contributed by atoms with E-state index in [4.69, 9.17) is 16.3 Å². The largest absolute Gasteiger partial charge is 0.492 e. The number of fused-ring (bicyclic) bond motifs is 1. The first-order valence-corrected chi connectivity index (χ1v) is 14.4. The van der Waals surface area contributed by atoms with Gasteiger partial charge in [0.1, 0.15) is 12.4 Å². The summed E-state index contributed by atoms with van der Waals surface area (Å²) in [7, 11) is -3.90. The number of anilines is 2. The van der Waals surface area contributed by atoms with Gasteiger partial charge in [-0.1, -0.05) is 23.7 Å². The van der Waals surface area contributed by atoms with Crippen LogP contribution >= 0.6 is 11.6 Å². The fraction of sp³-hybridized carbons (Fsp3) is 0.222. The molecule has 0 unspecified atom stereocenters. The van der Waals surface area contributed by atoms with Crippen LogP contribution < -0.4 is 10.1 Å². The fourth-order valence-electron chi connectivity index (χ4n) is 4.54. The SMILES string of the molecule is O=S(=O)(c1cccc(Cl)c1)n1cc(-c2cccc3nc(Nc4ccc(OCCN5CCCC5)cc4)nn23)cn1. The van der Waals surface area contributed by atoms with Crippen molar-refractivity contribution in [3.63, 3.8) is 0 Å². The lowest BCUT2D eigenvalue weighted by molar-refractivity contribution is 0.238. The van der Waals surface area contributed by atoms with Crippen LogP contribution in [0.4, 0.5) is 11.6 Å². The molecule has 1 fully saturated rings. The monoisotopic (exact) mass is 563 g/mol. The summed E-state index contributed by atoms with van der Waals surface area (Å²) >= 11 is 5.99. The van der Waals surface area contributed by atoms with Crippen molar-refractivity contribution in [1.82, 2.24) is 28.7 Å². The molecule has 0 bridgehead atoms. The number of hydrogen-bond acceptors (Lipinski definition) is 8. The Labute approximate surface area is 230 Å². The van der Waals surface area contributed by atoms with Crippen molar-refractivity contribution in [3.8, 4) is 17.0 Å². The van der Waals surface area contributed by atoms with Gasteiger partial charge in [-0.15, -0.1) is 5.10 Å². The third-order valence-corrected chi connectivity index (χ3v) is 8.32. The molecule has 10 nitrogen and oxygen atoms in total. The molecule has 1 N–H and O–H groups in total. The quantitative estimate of drug-likeness (QED) is 0.275. The van der Waals surface area contributed by atoms with E-state index >= 15 is 0 Å². The summed E-state index contributed by atoms with van der Waals surface area (Å²) in [6, 6.07) is 19.2. The van der Waals surface area contributed by atoms with Gasteiger partial charge >= 0.3 is 0 Å². The summed E-state index contributed by atoms with van der Waals surface area (Å²) in [5.41, 5.74) is 2.63. The number of halogens is 1. The molecule has 5 aromatic rings. The number of nitrogens with zero attached hydrogens (tertiary/aromatic N) is 6. The Kier molecular flexibility index (Phi) is 6.94.